The van der Waals surface area contributed by atoms with E-state index in [9.17, 15) is 30.6 Å². The Kier molecular flexibility index (Phi) is 6.38. The molecular weight excluding hydrogens is 497 g/mol. The molecule has 4 aromatic rings. The van der Waals surface area contributed by atoms with Crippen molar-refractivity contribution in [2.24, 2.45) is 0 Å². The summed E-state index contributed by atoms with van der Waals surface area (Å²) < 4.78 is 1.71. The first-order valence-corrected chi connectivity index (χ1v) is 10.6. The number of nitrogens with zero attached hydrogens (tertiary/aromatic N) is 5. The maximum absolute atomic E-state index is 11.3. The van der Waals surface area contributed by atoms with Crippen molar-refractivity contribution < 1.29 is 15.0 Å². The van der Waals surface area contributed by atoms with Crippen LogP contribution in [0.1, 0.15) is 17.0 Å². The highest BCUT2D eigenvalue weighted by Crippen LogP contribution is 2.37. The Morgan fingerprint density at radius 2 is 1.86 bits per heavy atom. The van der Waals surface area contributed by atoms with Crippen LogP contribution in [0.15, 0.2) is 54.6 Å². The molecule has 12 heteroatoms. The molecule has 0 bridgehead atoms. The second kappa shape index (κ2) is 9.42. The van der Waals surface area contributed by atoms with Gasteiger partial charge in [0.05, 0.1) is 39.1 Å². The lowest BCUT2D eigenvalue weighted by Crippen LogP contribution is -2.05. The van der Waals surface area contributed by atoms with Crippen molar-refractivity contribution in [3.05, 3.63) is 102 Å². The van der Waals surface area contributed by atoms with Gasteiger partial charge < -0.3 is 9.67 Å². The first kappa shape index (κ1) is 23.7. The predicted octanol–water partition coefficient (Wildman–Crippen LogP) is 5.98. The summed E-state index contributed by atoms with van der Waals surface area (Å²) in [5, 5.41) is 43.7. The van der Waals surface area contributed by atoms with E-state index in [1.807, 2.05) is 6.07 Å². The Labute approximate surface area is 207 Å². The summed E-state index contributed by atoms with van der Waals surface area (Å²) in [7, 11) is 0. The Balaban J connectivity index is 1.93. The fourth-order valence-electron chi connectivity index (χ4n) is 3.54. The van der Waals surface area contributed by atoms with Crippen LogP contribution in [0.4, 0.5) is 11.4 Å². The van der Waals surface area contributed by atoms with Gasteiger partial charge in [0.2, 0.25) is 5.75 Å². The summed E-state index contributed by atoms with van der Waals surface area (Å²) in [4.78, 5) is 25.3. The summed E-state index contributed by atoms with van der Waals surface area (Å²) in [5.74, 6) is -0.634. The lowest BCUT2D eigenvalue weighted by atomic mass is 10.1. The number of phenolic OH excluding ortho intramolecular Hbond substituents is 1. The quantitative estimate of drug-likeness (QED) is 0.191. The minimum absolute atomic E-state index is 0.0867. The number of hydrogen-bond acceptors (Lipinski definition) is 7. The van der Waals surface area contributed by atoms with Crippen molar-refractivity contribution in [3.63, 3.8) is 0 Å². The molecule has 1 N–H and O–H groups in total. The van der Waals surface area contributed by atoms with Crippen molar-refractivity contribution in [2.75, 3.05) is 0 Å². The third-order valence-corrected chi connectivity index (χ3v) is 5.76. The molecule has 0 amide bonds. The molecule has 4 rings (SSSR count). The molecular formula is C23H13Cl2N5O5. The fraction of sp³-hybridized carbons (Fsp3) is 0.0435. The first-order valence-electron chi connectivity index (χ1n) is 9.86. The monoisotopic (exact) mass is 509 g/mol. The smallest absolute Gasteiger partial charge is 0.318 e. The molecule has 1 heterocycles. The van der Waals surface area contributed by atoms with Crippen LogP contribution in [0.2, 0.25) is 10.0 Å². The predicted molar refractivity (Wildman–Crippen MR) is 130 cm³/mol. The number of imidazole rings is 1. The molecule has 0 aliphatic heterocycles. The minimum Gasteiger partial charge on any atom is -0.502 e. The topological polar surface area (TPSA) is 148 Å². The Bertz CT molecular complexity index is 1590. The van der Waals surface area contributed by atoms with Crippen molar-refractivity contribution in [3.8, 4) is 11.8 Å². The molecule has 0 saturated carbocycles. The normalized spacial score (nSPS) is 11.4. The van der Waals surface area contributed by atoms with E-state index < -0.39 is 27.0 Å². The van der Waals surface area contributed by atoms with E-state index in [0.717, 1.165) is 12.1 Å². The molecule has 1 aromatic heterocycles. The SMILES string of the molecule is N#C/C(=C\c1cc([N+](=O)[O-])cc([N+](=O)[O-])c1O)c1nc2ccccc2n1Cc1ccc(Cl)cc1Cl. The largest absolute Gasteiger partial charge is 0.502 e. The Morgan fingerprint density at radius 3 is 2.51 bits per heavy atom. The minimum atomic E-state index is -0.941. The molecule has 0 aliphatic rings. The van der Waals surface area contributed by atoms with Gasteiger partial charge >= 0.3 is 5.69 Å². The highest BCUT2D eigenvalue weighted by molar-refractivity contribution is 6.35. The number of nitriles is 1. The number of nitro benzene ring substituents is 2. The number of halogens is 2. The zero-order chi connectivity index (χ0) is 25.3. The first-order chi connectivity index (χ1) is 16.7. The molecule has 0 atom stereocenters. The van der Waals surface area contributed by atoms with Crippen molar-refractivity contribution in [1.82, 2.24) is 9.55 Å². The summed E-state index contributed by atoms with van der Waals surface area (Å²) in [6, 6.07) is 15.6. The van der Waals surface area contributed by atoms with Gasteiger partial charge in [-0.25, -0.2) is 4.98 Å². The third-order valence-electron chi connectivity index (χ3n) is 5.17. The number of hydrogen-bond donors (Lipinski definition) is 1. The van der Waals surface area contributed by atoms with Gasteiger partial charge in [-0.1, -0.05) is 41.4 Å². The molecule has 0 saturated heterocycles. The van der Waals surface area contributed by atoms with Crippen LogP contribution < -0.4 is 0 Å². The number of aromatic hydroxyl groups is 1. The Hall–Kier alpha value is -4.46. The van der Waals surface area contributed by atoms with E-state index in [2.05, 4.69) is 4.98 Å². The van der Waals surface area contributed by atoms with Gasteiger partial charge in [0.15, 0.2) is 5.82 Å². The average Bonchev–Trinajstić information content (AvgIpc) is 3.18. The van der Waals surface area contributed by atoms with E-state index in [-0.39, 0.29) is 23.5 Å². The van der Waals surface area contributed by atoms with Gasteiger partial charge in [-0.2, -0.15) is 5.26 Å². The Morgan fingerprint density at radius 1 is 1.11 bits per heavy atom. The van der Waals surface area contributed by atoms with E-state index in [4.69, 9.17) is 23.2 Å². The van der Waals surface area contributed by atoms with Crippen molar-refractivity contribution in [1.29, 1.82) is 5.26 Å². The molecule has 35 heavy (non-hydrogen) atoms. The van der Waals surface area contributed by atoms with Gasteiger partial charge in [-0.05, 0) is 35.9 Å². The standard InChI is InChI=1S/C23H13Cl2N5O5/c24-16-6-5-13(18(25)9-16)12-28-20-4-2-1-3-19(20)27-23(28)15(11-26)7-14-8-17(29(32)33)10-21(22(14)31)30(34)35/h1-10,31H,12H2/b15-7+. The second-order valence-electron chi connectivity index (χ2n) is 7.33. The number of non-ortho nitro benzene ring substituents is 1. The zero-order valence-corrected chi connectivity index (χ0v) is 19.1. The number of allylic oxidation sites excluding steroid dienone is 1. The van der Waals surface area contributed by atoms with Gasteiger partial charge in [-0.3, -0.25) is 20.2 Å². The van der Waals surface area contributed by atoms with Crippen LogP contribution >= 0.6 is 23.2 Å². The summed E-state index contributed by atoms with van der Waals surface area (Å²) >= 11 is 12.3. The van der Waals surface area contributed by atoms with E-state index in [1.165, 1.54) is 0 Å². The molecule has 0 unspecified atom stereocenters. The van der Waals surface area contributed by atoms with Gasteiger partial charge in [0.1, 0.15) is 6.07 Å². The van der Waals surface area contributed by atoms with Crippen molar-refractivity contribution >= 4 is 57.3 Å². The fourth-order valence-corrected chi connectivity index (χ4v) is 4.01. The lowest BCUT2D eigenvalue weighted by molar-refractivity contribution is -0.394. The van der Waals surface area contributed by atoms with Crippen LogP contribution in [0, 0.1) is 31.6 Å². The number of nitro groups is 2. The second-order valence-corrected chi connectivity index (χ2v) is 8.18. The third kappa shape index (κ3) is 4.63. The summed E-state index contributed by atoms with van der Waals surface area (Å²) in [6.45, 7) is 0.200. The number of rotatable bonds is 6. The van der Waals surface area contributed by atoms with Gasteiger partial charge in [0, 0.05) is 21.7 Å². The molecule has 0 spiro atoms. The van der Waals surface area contributed by atoms with E-state index >= 15 is 0 Å². The van der Waals surface area contributed by atoms with Crippen molar-refractivity contribution in [2.45, 2.75) is 6.54 Å². The van der Waals surface area contributed by atoms with Gasteiger partial charge in [-0.15, -0.1) is 0 Å². The van der Waals surface area contributed by atoms with Gasteiger partial charge in [0.25, 0.3) is 5.69 Å². The number of benzene rings is 3. The molecule has 174 valence electrons. The van der Waals surface area contributed by atoms with E-state index in [0.29, 0.717) is 32.7 Å². The number of aromatic nitrogens is 2. The average molecular weight is 510 g/mol. The van der Waals surface area contributed by atoms with Crippen LogP contribution in [-0.4, -0.2) is 24.5 Å². The highest BCUT2D eigenvalue weighted by Gasteiger charge is 2.24. The number of phenols is 1. The van der Waals surface area contributed by atoms with Crippen LogP contribution in [0.25, 0.3) is 22.7 Å². The van der Waals surface area contributed by atoms with E-state index in [1.54, 1.807) is 47.0 Å². The maximum Gasteiger partial charge on any atom is 0.318 e. The highest BCUT2D eigenvalue weighted by atomic mass is 35.5. The molecule has 10 nitrogen and oxygen atoms in total. The van der Waals surface area contributed by atoms with Crippen LogP contribution in [0.3, 0.4) is 0 Å². The lowest BCUT2D eigenvalue weighted by Gasteiger charge is -2.11. The maximum atomic E-state index is 11.3. The van der Waals surface area contributed by atoms with Crippen LogP contribution in [-0.2, 0) is 6.54 Å². The summed E-state index contributed by atoms with van der Waals surface area (Å²) in [5.41, 5.74) is 0.0872. The molecule has 0 fully saturated rings. The molecule has 0 aliphatic carbocycles. The zero-order valence-electron chi connectivity index (χ0n) is 17.6. The molecule has 0 radical (unpaired) electrons. The van der Waals surface area contributed by atoms with Crippen LogP contribution in [0.5, 0.6) is 5.75 Å². The number of fused-ring (bicyclic) bond motifs is 1. The number of para-hydroxylation sites is 2. The summed E-state index contributed by atoms with van der Waals surface area (Å²) in [6.07, 6.45) is 1.12. The molecule has 3 aromatic carbocycles.